The van der Waals surface area contributed by atoms with E-state index < -0.39 is 0 Å². The summed E-state index contributed by atoms with van der Waals surface area (Å²) in [5.74, 6) is 0.724. The number of methoxy groups -OCH3 is 1. The summed E-state index contributed by atoms with van der Waals surface area (Å²) in [6.45, 7) is 2.09. The summed E-state index contributed by atoms with van der Waals surface area (Å²) in [7, 11) is 1.63. The molecule has 3 heterocycles. The molecular formula is C17H20ClN3O3. The minimum absolute atomic E-state index is 0.0255. The lowest BCUT2D eigenvalue weighted by atomic mass is 10.2. The van der Waals surface area contributed by atoms with Crippen LogP contribution in [0.15, 0.2) is 18.2 Å². The van der Waals surface area contributed by atoms with Gasteiger partial charge >= 0.3 is 6.03 Å². The van der Waals surface area contributed by atoms with E-state index in [1.807, 2.05) is 12.1 Å². The largest absolute Gasteiger partial charge is 0.495 e. The number of imide groups is 1. The van der Waals surface area contributed by atoms with Crippen LogP contribution in [0.4, 0.5) is 10.5 Å². The molecule has 0 aliphatic carbocycles. The summed E-state index contributed by atoms with van der Waals surface area (Å²) < 4.78 is 5.42. The second-order valence-corrected chi connectivity index (χ2v) is 6.98. The Morgan fingerprint density at radius 1 is 1.21 bits per heavy atom. The minimum Gasteiger partial charge on any atom is -0.495 e. The Labute approximate surface area is 145 Å². The average molecular weight is 350 g/mol. The van der Waals surface area contributed by atoms with E-state index in [0.717, 1.165) is 37.2 Å². The molecule has 24 heavy (non-hydrogen) atoms. The van der Waals surface area contributed by atoms with Gasteiger partial charge in [0.1, 0.15) is 11.8 Å². The topological polar surface area (TPSA) is 53.1 Å². The van der Waals surface area contributed by atoms with Crippen molar-refractivity contribution in [3.63, 3.8) is 0 Å². The normalized spacial score (nSPS) is 26.5. The molecule has 3 saturated heterocycles. The van der Waals surface area contributed by atoms with Crippen LogP contribution in [0.5, 0.6) is 5.75 Å². The molecule has 3 aliphatic heterocycles. The van der Waals surface area contributed by atoms with E-state index in [1.54, 1.807) is 18.1 Å². The van der Waals surface area contributed by atoms with Gasteiger partial charge in [0, 0.05) is 24.7 Å². The highest BCUT2D eigenvalue weighted by Gasteiger charge is 2.50. The predicted molar refractivity (Wildman–Crippen MR) is 90.6 cm³/mol. The van der Waals surface area contributed by atoms with Crippen LogP contribution in [0.1, 0.15) is 19.3 Å². The molecule has 0 aromatic heterocycles. The molecule has 3 amide bonds. The number of benzene rings is 1. The second kappa shape index (κ2) is 5.84. The molecule has 3 fully saturated rings. The van der Waals surface area contributed by atoms with Gasteiger partial charge in [-0.3, -0.25) is 9.69 Å². The first-order valence-corrected chi connectivity index (χ1v) is 8.70. The van der Waals surface area contributed by atoms with Crippen LogP contribution >= 0.6 is 11.6 Å². The van der Waals surface area contributed by atoms with Gasteiger partial charge in [0.2, 0.25) is 0 Å². The Morgan fingerprint density at radius 3 is 2.79 bits per heavy atom. The quantitative estimate of drug-likeness (QED) is 0.786. The number of anilines is 1. The fraction of sp³-hybridized carbons (Fsp3) is 0.529. The molecular weight excluding hydrogens is 330 g/mol. The van der Waals surface area contributed by atoms with Crippen molar-refractivity contribution >= 4 is 29.2 Å². The standard InChI is InChI=1S/C17H20ClN3O3/c1-24-15-5-4-11(18)9-14(15)19-8-6-12(10-19)21-16(22)13-3-2-7-20(13)17(21)23/h4-5,9,12-13H,2-3,6-8,10H2,1H3/t12?,13-/m1/s1. The Bertz CT molecular complexity index is 674. The molecule has 4 rings (SSSR count). The number of ether oxygens (including phenoxy) is 1. The second-order valence-electron chi connectivity index (χ2n) is 6.55. The Balaban J connectivity index is 1.54. The first kappa shape index (κ1) is 15.6. The summed E-state index contributed by atoms with van der Waals surface area (Å²) >= 11 is 6.12. The highest BCUT2D eigenvalue weighted by molar-refractivity contribution is 6.31. The van der Waals surface area contributed by atoms with Crippen LogP contribution in [0.25, 0.3) is 0 Å². The van der Waals surface area contributed by atoms with Crippen molar-refractivity contribution in [1.82, 2.24) is 9.80 Å². The van der Waals surface area contributed by atoms with Gasteiger partial charge in [-0.1, -0.05) is 11.6 Å². The third kappa shape index (κ3) is 2.32. The summed E-state index contributed by atoms with van der Waals surface area (Å²) in [5.41, 5.74) is 0.909. The molecule has 7 heteroatoms. The van der Waals surface area contributed by atoms with Gasteiger partial charge in [-0.05, 0) is 37.5 Å². The third-order valence-corrected chi connectivity index (χ3v) is 5.47. The van der Waals surface area contributed by atoms with Crippen LogP contribution in [0.2, 0.25) is 5.02 Å². The van der Waals surface area contributed by atoms with Crippen molar-refractivity contribution in [3.05, 3.63) is 23.2 Å². The lowest BCUT2D eigenvalue weighted by Gasteiger charge is -2.25. The average Bonchev–Trinajstić information content (AvgIpc) is 3.27. The molecule has 2 atom stereocenters. The zero-order valence-electron chi connectivity index (χ0n) is 13.6. The Morgan fingerprint density at radius 2 is 2.04 bits per heavy atom. The van der Waals surface area contributed by atoms with Crippen LogP contribution in [0.3, 0.4) is 0 Å². The van der Waals surface area contributed by atoms with E-state index in [-0.39, 0.29) is 24.0 Å². The van der Waals surface area contributed by atoms with Crippen molar-refractivity contribution in [2.75, 3.05) is 31.6 Å². The molecule has 0 radical (unpaired) electrons. The Hall–Kier alpha value is -1.95. The van der Waals surface area contributed by atoms with Crippen LogP contribution in [0, 0.1) is 0 Å². The molecule has 128 valence electrons. The van der Waals surface area contributed by atoms with E-state index in [4.69, 9.17) is 16.3 Å². The Kier molecular flexibility index (Phi) is 3.79. The maximum Gasteiger partial charge on any atom is 0.327 e. The van der Waals surface area contributed by atoms with Crippen molar-refractivity contribution in [3.8, 4) is 5.75 Å². The molecule has 0 saturated carbocycles. The van der Waals surface area contributed by atoms with Crippen LogP contribution in [-0.4, -0.2) is 60.6 Å². The van der Waals surface area contributed by atoms with Gasteiger partial charge in [0.25, 0.3) is 5.91 Å². The fourth-order valence-corrected chi connectivity index (χ4v) is 4.23. The van der Waals surface area contributed by atoms with Gasteiger partial charge in [0.15, 0.2) is 0 Å². The number of hydrogen-bond acceptors (Lipinski definition) is 4. The molecule has 0 N–H and O–H groups in total. The third-order valence-electron chi connectivity index (χ3n) is 5.24. The molecule has 1 aromatic carbocycles. The smallest absolute Gasteiger partial charge is 0.327 e. The lowest BCUT2D eigenvalue weighted by molar-refractivity contribution is -0.129. The van der Waals surface area contributed by atoms with Crippen molar-refractivity contribution in [2.24, 2.45) is 0 Å². The van der Waals surface area contributed by atoms with E-state index in [9.17, 15) is 9.59 Å². The first-order valence-electron chi connectivity index (χ1n) is 8.32. The lowest BCUT2D eigenvalue weighted by Crippen LogP contribution is -2.43. The van der Waals surface area contributed by atoms with Crippen molar-refractivity contribution in [1.29, 1.82) is 0 Å². The SMILES string of the molecule is COc1ccc(Cl)cc1N1CCC(N2C(=O)[C@H]3CCCN3C2=O)C1. The van der Waals surface area contributed by atoms with Gasteiger partial charge in [-0.2, -0.15) is 0 Å². The maximum atomic E-state index is 12.6. The van der Waals surface area contributed by atoms with E-state index in [1.165, 1.54) is 4.90 Å². The molecule has 1 aromatic rings. The molecule has 3 aliphatic rings. The van der Waals surface area contributed by atoms with E-state index in [2.05, 4.69) is 4.90 Å². The van der Waals surface area contributed by atoms with Gasteiger partial charge in [-0.25, -0.2) is 4.79 Å². The fourth-order valence-electron chi connectivity index (χ4n) is 4.06. The number of rotatable bonds is 3. The number of nitrogens with zero attached hydrogens (tertiary/aromatic N) is 3. The summed E-state index contributed by atoms with van der Waals surface area (Å²) in [6.07, 6.45) is 2.49. The summed E-state index contributed by atoms with van der Waals surface area (Å²) in [6, 6.07) is 5.07. The number of amides is 3. The minimum atomic E-state index is -0.229. The van der Waals surface area contributed by atoms with E-state index in [0.29, 0.717) is 18.1 Å². The number of urea groups is 1. The van der Waals surface area contributed by atoms with Crippen LogP contribution < -0.4 is 9.64 Å². The summed E-state index contributed by atoms with van der Waals surface area (Å²) in [5, 5.41) is 0.642. The van der Waals surface area contributed by atoms with E-state index >= 15 is 0 Å². The number of hydrogen-bond donors (Lipinski definition) is 0. The molecule has 0 spiro atoms. The van der Waals surface area contributed by atoms with Crippen molar-refractivity contribution in [2.45, 2.75) is 31.3 Å². The van der Waals surface area contributed by atoms with Crippen molar-refractivity contribution < 1.29 is 14.3 Å². The van der Waals surface area contributed by atoms with Gasteiger partial charge in [0.05, 0.1) is 18.8 Å². The molecule has 0 bridgehead atoms. The maximum absolute atomic E-state index is 12.6. The highest BCUT2D eigenvalue weighted by Crippen LogP contribution is 2.36. The highest BCUT2D eigenvalue weighted by atomic mass is 35.5. The number of carbonyl (C=O) groups is 2. The predicted octanol–water partition coefficient (Wildman–Crippen LogP) is 2.35. The van der Waals surface area contributed by atoms with Crippen LogP contribution in [-0.2, 0) is 4.79 Å². The zero-order chi connectivity index (χ0) is 16.8. The molecule has 1 unspecified atom stereocenters. The number of halogens is 1. The zero-order valence-corrected chi connectivity index (χ0v) is 14.3. The monoisotopic (exact) mass is 349 g/mol. The number of carbonyl (C=O) groups excluding carboxylic acids is 2. The number of fused-ring (bicyclic) bond motifs is 1. The van der Waals surface area contributed by atoms with Gasteiger partial charge < -0.3 is 14.5 Å². The first-order chi connectivity index (χ1) is 11.6. The van der Waals surface area contributed by atoms with Gasteiger partial charge in [-0.15, -0.1) is 0 Å². The summed E-state index contributed by atoms with van der Waals surface area (Å²) in [4.78, 5) is 30.5. The molecule has 6 nitrogen and oxygen atoms in total.